The first-order valence-electron chi connectivity index (χ1n) is 10.6. The Labute approximate surface area is 188 Å². The smallest absolute Gasteiger partial charge is 0.267 e. The van der Waals surface area contributed by atoms with Crippen LogP contribution in [0.3, 0.4) is 0 Å². The molecular weight excluding hydrogens is 429 g/mol. The lowest BCUT2D eigenvalue weighted by atomic mass is 10.1. The summed E-state index contributed by atoms with van der Waals surface area (Å²) in [7, 11) is 0. The molecule has 3 aromatic heterocycles. The van der Waals surface area contributed by atoms with Crippen molar-refractivity contribution in [1.29, 1.82) is 0 Å². The van der Waals surface area contributed by atoms with E-state index in [1.165, 1.54) is 17.4 Å². The Balaban J connectivity index is 1.42. The number of fused-ring (bicyclic) bond motifs is 1. The van der Waals surface area contributed by atoms with Gasteiger partial charge in [0.15, 0.2) is 16.6 Å². The fraction of sp³-hybridized carbons (Fsp3) is 0.304. The van der Waals surface area contributed by atoms with Crippen molar-refractivity contribution in [1.82, 2.24) is 19.7 Å². The maximum absolute atomic E-state index is 14.6. The molecule has 0 spiro atoms. The maximum atomic E-state index is 14.6. The van der Waals surface area contributed by atoms with Crippen LogP contribution in [-0.4, -0.2) is 25.7 Å². The number of furan rings is 1. The monoisotopic (exact) mass is 451 g/mol. The Hall–Kier alpha value is -3.33. The highest BCUT2D eigenvalue weighted by atomic mass is 32.1. The Bertz CT molecular complexity index is 1310. The molecule has 164 valence electrons. The minimum atomic E-state index is -0.512. The predicted octanol–water partition coefficient (Wildman–Crippen LogP) is 5.40. The summed E-state index contributed by atoms with van der Waals surface area (Å²) in [6.45, 7) is 4.44. The van der Waals surface area contributed by atoms with E-state index in [9.17, 15) is 9.18 Å². The molecule has 0 bridgehead atoms. The number of rotatable bonds is 4. The van der Waals surface area contributed by atoms with E-state index in [1.54, 1.807) is 19.1 Å². The third-order valence-electron chi connectivity index (χ3n) is 5.54. The molecule has 1 aromatic carbocycles. The minimum Gasteiger partial charge on any atom is -0.459 e. The number of amides is 1. The van der Waals surface area contributed by atoms with Crippen LogP contribution in [-0.2, 0) is 13.0 Å². The van der Waals surface area contributed by atoms with Crippen LogP contribution in [0.25, 0.3) is 22.2 Å². The van der Waals surface area contributed by atoms with Gasteiger partial charge in [0.25, 0.3) is 5.91 Å². The Morgan fingerprint density at radius 1 is 1.16 bits per heavy atom. The number of aryl methyl sites for hydroxylation is 3. The van der Waals surface area contributed by atoms with Crippen molar-refractivity contribution in [2.24, 2.45) is 0 Å². The summed E-state index contributed by atoms with van der Waals surface area (Å²) in [6.07, 6.45) is 4.20. The van der Waals surface area contributed by atoms with Gasteiger partial charge in [0.05, 0.1) is 11.4 Å². The van der Waals surface area contributed by atoms with Crippen molar-refractivity contribution in [2.75, 3.05) is 5.32 Å². The fourth-order valence-electron chi connectivity index (χ4n) is 3.90. The summed E-state index contributed by atoms with van der Waals surface area (Å²) in [5.41, 5.74) is 1.38. The Morgan fingerprint density at radius 2 is 2.03 bits per heavy atom. The van der Waals surface area contributed by atoms with Crippen molar-refractivity contribution >= 4 is 22.9 Å². The van der Waals surface area contributed by atoms with Gasteiger partial charge in [0, 0.05) is 18.5 Å². The number of nitrogens with one attached hydrogen (secondary N) is 1. The number of benzene rings is 1. The molecule has 1 amide bonds. The van der Waals surface area contributed by atoms with Gasteiger partial charge in [-0.15, -0.1) is 21.5 Å². The van der Waals surface area contributed by atoms with E-state index >= 15 is 0 Å². The average Bonchev–Trinajstić information content (AvgIpc) is 3.44. The van der Waals surface area contributed by atoms with Crippen LogP contribution in [0, 0.1) is 19.7 Å². The van der Waals surface area contributed by atoms with Gasteiger partial charge in [0.1, 0.15) is 22.3 Å². The number of hydrogen-bond acceptors (Lipinski definition) is 6. The topological polar surface area (TPSA) is 85.8 Å². The molecular formula is C23H22FN5O2S. The molecule has 0 fully saturated rings. The summed E-state index contributed by atoms with van der Waals surface area (Å²) >= 11 is 1.22. The van der Waals surface area contributed by atoms with E-state index in [-0.39, 0.29) is 5.69 Å². The maximum Gasteiger partial charge on any atom is 0.267 e. The lowest BCUT2D eigenvalue weighted by molar-refractivity contribution is 0.102. The molecule has 0 atom stereocenters. The van der Waals surface area contributed by atoms with Crippen LogP contribution in [0.5, 0.6) is 0 Å². The molecule has 4 heterocycles. The highest BCUT2D eigenvalue weighted by Gasteiger charge is 2.21. The third-order valence-corrected chi connectivity index (χ3v) is 6.71. The number of nitrogens with zero attached hydrogens (tertiary/aromatic N) is 4. The number of thiazole rings is 1. The number of aromatic nitrogens is 4. The van der Waals surface area contributed by atoms with Crippen LogP contribution in [0.15, 0.2) is 34.7 Å². The van der Waals surface area contributed by atoms with Gasteiger partial charge < -0.3 is 14.3 Å². The zero-order valence-corrected chi connectivity index (χ0v) is 18.6. The van der Waals surface area contributed by atoms with Gasteiger partial charge in [-0.25, -0.2) is 9.37 Å². The standard InChI is InChI=1S/C23H22FN5O2S/c1-13-7-10-18(31-13)23-25-14(2)20(32-23)22(30)26-17-12-15(8-9-16(17)24)21-28-27-19-6-4-3-5-11-29(19)21/h7-10,12H,3-6,11H2,1-2H3,(H,26,30). The van der Waals surface area contributed by atoms with E-state index < -0.39 is 11.7 Å². The second kappa shape index (κ2) is 8.31. The minimum absolute atomic E-state index is 0.0988. The lowest BCUT2D eigenvalue weighted by Gasteiger charge is -2.10. The Kier molecular flexibility index (Phi) is 5.34. The quantitative estimate of drug-likeness (QED) is 0.449. The molecule has 1 aliphatic heterocycles. The van der Waals surface area contributed by atoms with E-state index in [4.69, 9.17) is 4.42 Å². The van der Waals surface area contributed by atoms with E-state index in [0.717, 1.165) is 49.4 Å². The van der Waals surface area contributed by atoms with Crippen LogP contribution in [0.4, 0.5) is 10.1 Å². The van der Waals surface area contributed by atoms with Crippen LogP contribution < -0.4 is 5.32 Å². The first-order valence-corrected chi connectivity index (χ1v) is 11.4. The second-order valence-electron chi connectivity index (χ2n) is 7.89. The molecule has 0 unspecified atom stereocenters. The molecule has 4 aromatic rings. The van der Waals surface area contributed by atoms with Crippen molar-refractivity contribution < 1.29 is 13.6 Å². The molecule has 1 N–H and O–H groups in total. The summed E-state index contributed by atoms with van der Waals surface area (Å²) in [5, 5.41) is 12.0. The Morgan fingerprint density at radius 3 is 2.84 bits per heavy atom. The second-order valence-corrected chi connectivity index (χ2v) is 8.89. The highest BCUT2D eigenvalue weighted by Crippen LogP contribution is 2.31. The van der Waals surface area contributed by atoms with Gasteiger partial charge in [-0.05, 0) is 57.0 Å². The lowest BCUT2D eigenvalue weighted by Crippen LogP contribution is -2.13. The van der Waals surface area contributed by atoms with Gasteiger partial charge in [-0.2, -0.15) is 0 Å². The van der Waals surface area contributed by atoms with Crippen molar-refractivity contribution in [3.63, 3.8) is 0 Å². The van der Waals surface area contributed by atoms with Crippen LogP contribution in [0.1, 0.15) is 46.2 Å². The van der Waals surface area contributed by atoms with Crippen molar-refractivity contribution in [2.45, 2.75) is 46.1 Å². The number of anilines is 1. The first-order chi connectivity index (χ1) is 15.5. The summed E-state index contributed by atoms with van der Waals surface area (Å²) < 4.78 is 22.3. The summed E-state index contributed by atoms with van der Waals surface area (Å²) in [6, 6.07) is 8.29. The molecule has 32 heavy (non-hydrogen) atoms. The SMILES string of the molecule is Cc1ccc(-c2nc(C)c(C(=O)Nc3cc(-c4nnc5n4CCCCC5)ccc3F)s2)o1. The first kappa shape index (κ1) is 20.6. The number of hydrogen-bond donors (Lipinski definition) is 1. The normalized spacial score (nSPS) is 13.6. The van der Waals surface area contributed by atoms with Crippen molar-refractivity contribution in [3.8, 4) is 22.2 Å². The van der Waals surface area contributed by atoms with Gasteiger partial charge >= 0.3 is 0 Å². The summed E-state index contributed by atoms with van der Waals surface area (Å²) in [5.74, 6) is 2.10. The number of carbonyl (C=O) groups is 1. The molecule has 0 radical (unpaired) electrons. The number of halogens is 1. The zero-order valence-electron chi connectivity index (χ0n) is 17.8. The number of carbonyl (C=O) groups excluding carboxylic acids is 1. The van der Waals surface area contributed by atoms with Gasteiger partial charge in [-0.3, -0.25) is 4.79 Å². The third kappa shape index (κ3) is 3.84. The van der Waals surface area contributed by atoms with Crippen molar-refractivity contribution in [3.05, 3.63) is 58.3 Å². The molecule has 0 saturated carbocycles. The molecule has 7 nitrogen and oxygen atoms in total. The predicted molar refractivity (Wildman–Crippen MR) is 120 cm³/mol. The van der Waals surface area contributed by atoms with Crippen LogP contribution in [0.2, 0.25) is 0 Å². The molecule has 1 aliphatic rings. The van der Waals surface area contributed by atoms with Gasteiger partial charge in [-0.1, -0.05) is 6.42 Å². The van der Waals surface area contributed by atoms with E-state index in [2.05, 4.69) is 25.1 Å². The molecule has 5 rings (SSSR count). The average molecular weight is 452 g/mol. The molecule has 0 aliphatic carbocycles. The molecule has 0 saturated heterocycles. The summed E-state index contributed by atoms with van der Waals surface area (Å²) in [4.78, 5) is 17.8. The zero-order chi connectivity index (χ0) is 22.2. The fourth-order valence-corrected chi connectivity index (χ4v) is 4.82. The van der Waals surface area contributed by atoms with E-state index in [0.29, 0.717) is 27.2 Å². The van der Waals surface area contributed by atoms with Gasteiger partial charge in [0.2, 0.25) is 0 Å². The largest absolute Gasteiger partial charge is 0.459 e. The van der Waals surface area contributed by atoms with E-state index in [1.807, 2.05) is 19.1 Å². The van der Waals surface area contributed by atoms with Crippen LogP contribution >= 0.6 is 11.3 Å². The highest BCUT2D eigenvalue weighted by molar-refractivity contribution is 7.17. The molecule has 9 heteroatoms.